The van der Waals surface area contributed by atoms with Crippen molar-refractivity contribution in [3.05, 3.63) is 36.3 Å². The van der Waals surface area contributed by atoms with Crippen LogP contribution in [-0.2, 0) is 10.0 Å². The second kappa shape index (κ2) is 3.69. The third-order valence-corrected chi connectivity index (χ3v) is 2.87. The molecule has 0 aliphatic rings. The number of sulfonamides is 1. The Morgan fingerprint density at radius 1 is 1.31 bits per heavy atom. The Balaban J connectivity index is 2.67. The average Bonchev–Trinajstić information content (AvgIpc) is 2.61. The van der Waals surface area contributed by atoms with Crippen LogP contribution >= 0.6 is 0 Å². The molecule has 0 atom stereocenters. The lowest BCUT2D eigenvalue weighted by Crippen LogP contribution is -2.17. The van der Waals surface area contributed by atoms with Gasteiger partial charge in [-0.3, -0.25) is 4.98 Å². The van der Waals surface area contributed by atoms with Crippen molar-refractivity contribution in [3.63, 3.8) is 0 Å². The van der Waals surface area contributed by atoms with Crippen molar-refractivity contribution >= 4 is 10.0 Å². The Morgan fingerprint density at radius 2 is 1.94 bits per heavy atom. The van der Waals surface area contributed by atoms with E-state index >= 15 is 0 Å². The molecule has 0 saturated carbocycles. The zero-order valence-electron chi connectivity index (χ0n) is 8.53. The maximum Gasteiger partial charge on any atom is 0.255 e. The van der Waals surface area contributed by atoms with Gasteiger partial charge in [-0.2, -0.15) is 5.10 Å². The molecule has 0 saturated heterocycles. The molecule has 2 aromatic rings. The molecular weight excluding hydrogens is 228 g/mol. The van der Waals surface area contributed by atoms with Gasteiger partial charge in [0.15, 0.2) is 5.03 Å². The molecule has 6 nitrogen and oxygen atoms in total. The number of nitrogens with two attached hydrogens (primary N) is 1. The van der Waals surface area contributed by atoms with Gasteiger partial charge in [-0.05, 0) is 25.1 Å². The minimum absolute atomic E-state index is 0.0313. The quantitative estimate of drug-likeness (QED) is 0.810. The van der Waals surface area contributed by atoms with Gasteiger partial charge in [-0.25, -0.2) is 18.2 Å². The zero-order valence-corrected chi connectivity index (χ0v) is 9.35. The Morgan fingerprint density at radius 3 is 2.50 bits per heavy atom. The number of hydrogen-bond acceptors (Lipinski definition) is 4. The van der Waals surface area contributed by atoms with E-state index in [1.807, 2.05) is 0 Å². The van der Waals surface area contributed by atoms with Crippen molar-refractivity contribution in [2.24, 2.45) is 5.14 Å². The minimum atomic E-state index is -3.78. The Hall–Kier alpha value is -1.73. The van der Waals surface area contributed by atoms with Crippen LogP contribution in [0.15, 0.2) is 35.6 Å². The fourth-order valence-electron chi connectivity index (χ4n) is 1.35. The molecule has 0 aliphatic carbocycles. The molecule has 2 rings (SSSR count). The first kappa shape index (κ1) is 10.8. The summed E-state index contributed by atoms with van der Waals surface area (Å²) in [5.41, 5.74) is 1.19. The first-order valence-electron chi connectivity index (χ1n) is 4.48. The van der Waals surface area contributed by atoms with Crippen LogP contribution in [0.1, 0.15) is 5.69 Å². The summed E-state index contributed by atoms with van der Waals surface area (Å²) in [5, 5.41) is 9.15. The highest BCUT2D eigenvalue weighted by Gasteiger charge is 2.17. The molecule has 0 fully saturated rings. The smallest absolute Gasteiger partial charge is 0.255 e. The summed E-state index contributed by atoms with van der Waals surface area (Å²) < 4.78 is 24.0. The predicted molar refractivity (Wildman–Crippen MR) is 57.5 cm³/mol. The average molecular weight is 238 g/mol. The van der Waals surface area contributed by atoms with Crippen LogP contribution in [0.2, 0.25) is 0 Å². The molecule has 0 unspecified atom stereocenters. The largest absolute Gasteiger partial charge is 0.265 e. The molecule has 0 bridgehead atoms. The lowest BCUT2D eigenvalue weighted by molar-refractivity contribution is 0.587. The summed E-state index contributed by atoms with van der Waals surface area (Å²) in [6.45, 7) is 1.70. The summed E-state index contributed by atoms with van der Waals surface area (Å²) in [6, 6.07) is 4.73. The Labute approximate surface area is 92.8 Å². The SMILES string of the molecule is Cc1cc(S(N)(=O)=O)n(-c2ccncc2)n1. The van der Waals surface area contributed by atoms with Gasteiger partial charge >= 0.3 is 0 Å². The minimum Gasteiger partial charge on any atom is -0.265 e. The van der Waals surface area contributed by atoms with E-state index in [1.165, 1.54) is 10.7 Å². The van der Waals surface area contributed by atoms with Crippen LogP contribution in [0.25, 0.3) is 5.69 Å². The van der Waals surface area contributed by atoms with E-state index in [0.29, 0.717) is 11.4 Å². The topological polar surface area (TPSA) is 90.9 Å². The third kappa shape index (κ3) is 1.95. The number of pyridine rings is 1. The third-order valence-electron chi connectivity index (χ3n) is 2.00. The number of aryl methyl sites for hydroxylation is 1. The van der Waals surface area contributed by atoms with Crippen LogP contribution in [-0.4, -0.2) is 23.2 Å². The van der Waals surface area contributed by atoms with Gasteiger partial charge in [0.25, 0.3) is 10.0 Å². The maximum absolute atomic E-state index is 11.3. The van der Waals surface area contributed by atoms with Gasteiger partial charge < -0.3 is 0 Å². The number of rotatable bonds is 2. The zero-order chi connectivity index (χ0) is 11.8. The number of primary sulfonamides is 1. The molecule has 2 N–H and O–H groups in total. The summed E-state index contributed by atoms with van der Waals surface area (Å²) in [4.78, 5) is 3.85. The molecule has 0 aromatic carbocycles. The van der Waals surface area contributed by atoms with E-state index in [9.17, 15) is 8.42 Å². The molecule has 2 heterocycles. The van der Waals surface area contributed by atoms with E-state index in [4.69, 9.17) is 5.14 Å². The lowest BCUT2D eigenvalue weighted by Gasteiger charge is -2.04. The summed E-state index contributed by atoms with van der Waals surface area (Å²) in [5.74, 6) is 0. The number of aromatic nitrogens is 3. The molecule has 7 heteroatoms. The highest BCUT2D eigenvalue weighted by Crippen LogP contribution is 2.14. The first-order valence-corrected chi connectivity index (χ1v) is 6.03. The van der Waals surface area contributed by atoms with Crippen LogP contribution < -0.4 is 5.14 Å². The van der Waals surface area contributed by atoms with E-state index in [0.717, 1.165) is 0 Å². The van der Waals surface area contributed by atoms with Crippen molar-refractivity contribution in [3.8, 4) is 5.69 Å². The van der Waals surface area contributed by atoms with Gasteiger partial charge in [-0.15, -0.1) is 0 Å². The molecular formula is C9H10N4O2S. The Bertz CT molecular complexity index is 604. The van der Waals surface area contributed by atoms with Gasteiger partial charge in [0.05, 0.1) is 11.4 Å². The van der Waals surface area contributed by atoms with Crippen molar-refractivity contribution in [1.29, 1.82) is 0 Å². The van der Waals surface area contributed by atoms with Crippen molar-refractivity contribution < 1.29 is 8.42 Å². The first-order chi connectivity index (χ1) is 7.48. The van der Waals surface area contributed by atoms with E-state index in [2.05, 4.69) is 10.1 Å². The van der Waals surface area contributed by atoms with Crippen LogP contribution in [0.4, 0.5) is 0 Å². The molecule has 0 aliphatic heterocycles. The van der Waals surface area contributed by atoms with Crippen LogP contribution in [0, 0.1) is 6.92 Å². The van der Waals surface area contributed by atoms with Crippen LogP contribution in [0.5, 0.6) is 0 Å². The standard InChI is InChI=1S/C9H10N4O2S/c1-7-6-9(16(10,14)15)13(12-7)8-2-4-11-5-3-8/h2-6H,1H3,(H2,10,14,15). The van der Waals surface area contributed by atoms with Crippen molar-refractivity contribution in [2.75, 3.05) is 0 Å². The van der Waals surface area contributed by atoms with Gasteiger partial charge in [-0.1, -0.05) is 0 Å². The fourth-order valence-corrected chi connectivity index (χ4v) is 2.07. The van der Waals surface area contributed by atoms with E-state index in [-0.39, 0.29) is 5.03 Å². The molecule has 0 amide bonds. The number of hydrogen-bond donors (Lipinski definition) is 1. The van der Waals surface area contributed by atoms with Gasteiger partial charge in [0, 0.05) is 12.4 Å². The highest BCUT2D eigenvalue weighted by molar-refractivity contribution is 7.89. The van der Waals surface area contributed by atoms with Crippen LogP contribution in [0.3, 0.4) is 0 Å². The number of nitrogens with zero attached hydrogens (tertiary/aromatic N) is 3. The lowest BCUT2D eigenvalue weighted by atomic mass is 10.4. The van der Waals surface area contributed by atoms with E-state index in [1.54, 1.807) is 31.5 Å². The monoisotopic (exact) mass is 238 g/mol. The fraction of sp³-hybridized carbons (Fsp3) is 0.111. The molecule has 84 valence electrons. The van der Waals surface area contributed by atoms with Crippen molar-refractivity contribution in [1.82, 2.24) is 14.8 Å². The predicted octanol–water partition coefficient (Wildman–Crippen LogP) is 0.223. The second-order valence-electron chi connectivity index (χ2n) is 3.29. The molecule has 16 heavy (non-hydrogen) atoms. The van der Waals surface area contributed by atoms with Gasteiger partial charge in [0.1, 0.15) is 0 Å². The molecule has 2 aromatic heterocycles. The van der Waals surface area contributed by atoms with Gasteiger partial charge in [0.2, 0.25) is 0 Å². The Kier molecular flexibility index (Phi) is 2.49. The summed E-state index contributed by atoms with van der Waals surface area (Å²) >= 11 is 0. The van der Waals surface area contributed by atoms with Crippen molar-refractivity contribution in [2.45, 2.75) is 11.9 Å². The second-order valence-corrected chi connectivity index (χ2v) is 4.79. The summed E-state index contributed by atoms with van der Waals surface area (Å²) in [6.07, 6.45) is 3.11. The summed E-state index contributed by atoms with van der Waals surface area (Å²) in [7, 11) is -3.78. The normalized spacial score (nSPS) is 11.6. The highest BCUT2D eigenvalue weighted by atomic mass is 32.2. The van der Waals surface area contributed by atoms with E-state index < -0.39 is 10.0 Å². The maximum atomic E-state index is 11.3. The molecule has 0 spiro atoms. The molecule has 0 radical (unpaired) electrons.